The van der Waals surface area contributed by atoms with Gasteiger partial charge in [-0.25, -0.2) is 0 Å². The van der Waals surface area contributed by atoms with E-state index in [-0.39, 0.29) is 11.9 Å². The summed E-state index contributed by atoms with van der Waals surface area (Å²) in [6.45, 7) is 2.11. The molecule has 17 heavy (non-hydrogen) atoms. The van der Waals surface area contributed by atoms with E-state index in [4.69, 9.17) is 0 Å². The first-order chi connectivity index (χ1) is 8.31. The SMILES string of the molecule is CCCC1N=C(C2CCCCCCC2)NC1=O. The topological polar surface area (TPSA) is 41.5 Å². The van der Waals surface area contributed by atoms with Gasteiger partial charge in [-0.1, -0.05) is 45.4 Å². The first-order valence-electron chi connectivity index (χ1n) is 7.20. The normalized spacial score (nSPS) is 27.2. The number of aliphatic imine (C=N–C) groups is 1. The van der Waals surface area contributed by atoms with Crippen LogP contribution in [0.5, 0.6) is 0 Å². The predicted molar refractivity (Wildman–Crippen MR) is 70.1 cm³/mol. The quantitative estimate of drug-likeness (QED) is 0.804. The number of hydrogen-bond acceptors (Lipinski definition) is 2. The molecule has 0 aromatic heterocycles. The zero-order valence-electron chi connectivity index (χ0n) is 10.9. The molecule has 0 aromatic rings. The minimum atomic E-state index is -0.0968. The molecule has 1 atom stereocenters. The molecule has 1 unspecified atom stereocenters. The second-order valence-electron chi connectivity index (χ2n) is 5.35. The van der Waals surface area contributed by atoms with E-state index in [9.17, 15) is 4.79 Å². The Bertz CT molecular complexity index is 291. The van der Waals surface area contributed by atoms with Gasteiger partial charge in [0, 0.05) is 5.92 Å². The van der Waals surface area contributed by atoms with Gasteiger partial charge in [-0.2, -0.15) is 0 Å². The number of nitrogens with zero attached hydrogens (tertiary/aromatic N) is 1. The first-order valence-corrected chi connectivity index (χ1v) is 7.20. The molecule has 0 spiro atoms. The van der Waals surface area contributed by atoms with Gasteiger partial charge in [0.1, 0.15) is 11.9 Å². The Balaban J connectivity index is 1.96. The second kappa shape index (κ2) is 6.18. The van der Waals surface area contributed by atoms with Crippen LogP contribution in [0.15, 0.2) is 4.99 Å². The molecule has 0 aromatic carbocycles. The van der Waals surface area contributed by atoms with Crippen LogP contribution >= 0.6 is 0 Å². The molecule has 0 bridgehead atoms. The summed E-state index contributed by atoms with van der Waals surface area (Å²) in [5, 5.41) is 3.02. The van der Waals surface area contributed by atoms with Crippen LogP contribution in [-0.2, 0) is 4.79 Å². The molecule has 96 valence electrons. The van der Waals surface area contributed by atoms with Crippen molar-refractivity contribution < 1.29 is 4.79 Å². The van der Waals surface area contributed by atoms with Gasteiger partial charge >= 0.3 is 0 Å². The van der Waals surface area contributed by atoms with E-state index in [1.807, 2.05) is 0 Å². The summed E-state index contributed by atoms with van der Waals surface area (Å²) in [6.07, 6.45) is 11.0. The third kappa shape index (κ3) is 3.30. The molecule has 3 heteroatoms. The van der Waals surface area contributed by atoms with E-state index < -0.39 is 0 Å². The van der Waals surface area contributed by atoms with E-state index in [1.165, 1.54) is 44.9 Å². The molecular formula is C14H24N2O. The highest BCUT2D eigenvalue weighted by molar-refractivity contribution is 6.06. The molecule has 1 saturated carbocycles. The summed E-state index contributed by atoms with van der Waals surface area (Å²) in [6, 6.07) is -0.0968. The third-order valence-corrected chi connectivity index (χ3v) is 3.90. The summed E-state index contributed by atoms with van der Waals surface area (Å²) >= 11 is 0. The molecular weight excluding hydrogens is 212 g/mol. The summed E-state index contributed by atoms with van der Waals surface area (Å²) in [4.78, 5) is 16.4. The highest BCUT2D eigenvalue weighted by atomic mass is 16.2. The van der Waals surface area contributed by atoms with E-state index in [2.05, 4.69) is 17.2 Å². The molecule has 0 saturated heterocycles. The molecule has 0 radical (unpaired) electrons. The number of hydrogen-bond donors (Lipinski definition) is 1. The van der Waals surface area contributed by atoms with Crippen LogP contribution in [0.4, 0.5) is 0 Å². The van der Waals surface area contributed by atoms with Crippen LogP contribution in [0.1, 0.15) is 64.7 Å². The van der Waals surface area contributed by atoms with Gasteiger partial charge in [-0.15, -0.1) is 0 Å². The zero-order chi connectivity index (χ0) is 12.1. The van der Waals surface area contributed by atoms with Crippen molar-refractivity contribution in [2.45, 2.75) is 70.8 Å². The molecule has 1 fully saturated rings. The Labute approximate surface area is 104 Å². The summed E-state index contributed by atoms with van der Waals surface area (Å²) in [5.74, 6) is 1.64. The van der Waals surface area contributed by atoms with E-state index in [0.29, 0.717) is 5.92 Å². The van der Waals surface area contributed by atoms with Crippen molar-refractivity contribution in [3.8, 4) is 0 Å². The Morgan fingerprint density at radius 3 is 2.47 bits per heavy atom. The fraction of sp³-hybridized carbons (Fsp3) is 0.857. The van der Waals surface area contributed by atoms with Crippen LogP contribution in [0.3, 0.4) is 0 Å². The number of amides is 1. The molecule has 3 nitrogen and oxygen atoms in total. The van der Waals surface area contributed by atoms with Gasteiger partial charge in [-0.3, -0.25) is 9.79 Å². The average molecular weight is 236 g/mol. The first kappa shape index (κ1) is 12.6. The van der Waals surface area contributed by atoms with Crippen molar-refractivity contribution in [2.24, 2.45) is 10.9 Å². The van der Waals surface area contributed by atoms with E-state index in [0.717, 1.165) is 18.7 Å². The number of nitrogens with one attached hydrogen (secondary N) is 1. The monoisotopic (exact) mass is 236 g/mol. The largest absolute Gasteiger partial charge is 0.312 e. The standard InChI is InChI=1S/C14H24N2O/c1-2-8-12-14(17)16-13(15-12)11-9-6-4-3-5-7-10-11/h11-12H,2-10H2,1H3,(H,15,16,17). The number of carbonyl (C=O) groups is 1. The van der Waals surface area contributed by atoms with Crippen molar-refractivity contribution in [3.63, 3.8) is 0 Å². The van der Waals surface area contributed by atoms with Gasteiger partial charge in [0.2, 0.25) is 5.91 Å². The number of rotatable bonds is 3. The molecule has 2 rings (SSSR count). The lowest BCUT2D eigenvalue weighted by atomic mass is 9.90. The minimum absolute atomic E-state index is 0.0968. The minimum Gasteiger partial charge on any atom is -0.312 e. The molecule has 1 heterocycles. The summed E-state index contributed by atoms with van der Waals surface area (Å²) in [7, 11) is 0. The van der Waals surface area contributed by atoms with Gasteiger partial charge in [0.25, 0.3) is 0 Å². The van der Waals surface area contributed by atoms with Crippen LogP contribution in [-0.4, -0.2) is 17.8 Å². The van der Waals surface area contributed by atoms with Crippen LogP contribution < -0.4 is 5.32 Å². The van der Waals surface area contributed by atoms with Crippen LogP contribution in [0.2, 0.25) is 0 Å². The van der Waals surface area contributed by atoms with Crippen LogP contribution in [0.25, 0.3) is 0 Å². The van der Waals surface area contributed by atoms with E-state index in [1.54, 1.807) is 0 Å². The Morgan fingerprint density at radius 2 is 1.82 bits per heavy atom. The van der Waals surface area contributed by atoms with Crippen molar-refractivity contribution in [1.82, 2.24) is 5.32 Å². The Hall–Kier alpha value is -0.860. The maximum atomic E-state index is 11.7. The lowest BCUT2D eigenvalue weighted by Gasteiger charge is -2.19. The maximum absolute atomic E-state index is 11.7. The molecule has 1 aliphatic carbocycles. The summed E-state index contributed by atoms with van der Waals surface area (Å²) in [5.41, 5.74) is 0. The fourth-order valence-electron chi connectivity index (χ4n) is 2.87. The van der Waals surface area contributed by atoms with Crippen molar-refractivity contribution in [1.29, 1.82) is 0 Å². The number of carbonyl (C=O) groups excluding carboxylic acids is 1. The van der Waals surface area contributed by atoms with Crippen molar-refractivity contribution in [2.75, 3.05) is 0 Å². The Morgan fingerprint density at radius 1 is 1.18 bits per heavy atom. The molecule has 2 aliphatic rings. The van der Waals surface area contributed by atoms with Crippen molar-refractivity contribution in [3.05, 3.63) is 0 Å². The third-order valence-electron chi connectivity index (χ3n) is 3.90. The second-order valence-corrected chi connectivity index (χ2v) is 5.35. The molecule has 1 N–H and O–H groups in total. The smallest absolute Gasteiger partial charge is 0.250 e. The zero-order valence-corrected chi connectivity index (χ0v) is 10.9. The summed E-state index contributed by atoms with van der Waals surface area (Å²) < 4.78 is 0. The van der Waals surface area contributed by atoms with E-state index >= 15 is 0 Å². The molecule has 1 amide bonds. The highest BCUT2D eigenvalue weighted by Crippen LogP contribution is 2.25. The molecule has 1 aliphatic heterocycles. The average Bonchev–Trinajstić information content (AvgIpc) is 2.60. The van der Waals surface area contributed by atoms with Gasteiger partial charge in [0.15, 0.2) is 0 Å². The van der Waals surface area contributed by atoms with Gasteiger partial charge in [-0.05, 0) is 19.3 Å². The van der Waals surface area contributed by atoms with Crippen LogP contribution in [0, 0.1) is 5.92 Å². The van der Waals surface area contributed by atoms with Gasteiger partial charge in [0.05, 0.1) is 0 Å². The van der Waals surface area contributed by atoms with Crippen molar-refractivity contribution >= 4 is 11.7 Å². The maximum Gasteiger partial charge on any atom is 0.250 e. The Kier molecular flexibility index (Phi) is 4.57. The fourth-order valence-corrected chi connectivity index (χ4v) is 2.87. The lowest BCUT2D eigenvalue weighted by Crippen LogP contribution is -2.33. The number of amidine groups is 1. The predicted octanol–water partition coefficient (Wildman–Crippen LogP) is 3.04. The lowest BCUT2D eigenvalue weighted by molar-refractivity contribution is -0.120. The van der Waals surface area contributed by atoms with Gasteiger partial charge < -0.3 is 5.32 Å². The highest BCUT2D eigenvalue weighted by Gasteiger charge is 2.29.